The van der Waals surface area contributed by atoms with E-state index in [1.54, 1.807) is 19.9 Å². The Hall–Kier alpha value is -1.13. The molecule has 0 aromatic heterocycles. The lowest BCUT2D eigenvalue weighted by Gasteiger charge is -2.50. The second-order valence-corrected chi connectivity index (χ2v) is 4.98. The molecule has 0 radical (unpaired) electrons. The lowest BCUT2D eigenvalue weighted by atomic mass is 9.67. The summed E-state index contributed by atoms with van der Waals surface area (Å²) in [7, 11) is 1.54. The van der Waals surface area contributed by atoms with Crippen molar-refractivity contribution in [3.05, 3.63) is 29.6 Å². The highest BCUT2D eigenvalue weighted by atomic mass is 19.1. The average Bonchev–Trinajstić information content (AvgIpc) is 2.14. The summed E-state index contributed by atoms with van der Waals surface area (Å²) >= 11 is 0. The first-order chi connectivity index (χ1) is 7.90. The molecule has 0 aliphatic carbocycles. The van der Waals surface area contributed by atoms with E-state index in [-0.39, 0.29) is 5.82 Å². The van der Waals surface area contributed by atoms with Crippen molar-refractivity contribution >= 4 is 0 Å². The third-order valence-electron chi connectivity index (χ3n) is 3.55. The normalized spacial score (nSPS) is 18.6. The molecular weight excluding hydrogens is 223 g/mol. The number of methoxy groups -OCH3 is 1. The van der Waals surface area contributed by atoms with Crippen LogP contribution < -0.4 is 4.74 Å². The van der Waals surface area contributed by atoms with Crippen LogP contribution in [0.15, 0.2) is 18.2 Å². The van der Waals surface area contributed by atoms with Crippen LogP contribution in [0.1, 0.15) is 19.4 Å². The molecular formula is C13H17FO3. The van der Waals surface area contributed by atoms with Crippen molar-refractivity contribution in [3.63, 3.8) is 0 Å². The number of aliphatic hydroxyl groups is 1. The predicted molar refractivity (Wildman–Crippen MR) is 61.7 cm³/mol. The van der Waals surface area contributed by atoms with Gasteiger partial charge in [-0.05, 0) is 32.0 Å². The van der Waals surface area contributed by atoms with E-state index in [2.05, 4.69) is 0 Å². The summed E-state index contributed by atoms with van der Waals surface area (Å²) in [6.07, 6.45) is 0. The van der Waals surface area contributed by atoms with Gasteiger partial charge in [-0.15, -0.1) is 0 Å². The molecule has 0 saturated carbocycles. The van der Waals surface area contributed by atoms with Gasteiger partial charge in [-0.1, -0.05) is 0 Å². The highest BCUT2D eigenvalue weighted by Gasteiger charge is 2.53. The van der Waals surface area contributed by atoms with Crippen LogP contribution in [0.3, 0.4) is 0 Å². The van der Waals surface area contributed by atoms with Crippen LogP contribution in [0, 0.1) is 5.82 Å². The monoisotopic (exact) mass is 240 g/mol. The van der Waals surface area contributed by atoms with Gasteiger partial charge in [0.2, 0.25) is 0 Å². The van der Waals surface area contributed by atoms with E-state index in [9.17, 15) is 9.50 Å². The van der Waals surface area contributed by atoms with Crippen LogP contribution in [-0.2, 0) is 10.2 Å². The van der Waals surface area contributed by atoms with Crippen molar-refractivity contribution < 1.29 is 19.0 Å². The van der Waals surface area contributed by atoms with Gasteiger partial charge in [0.05, 0.1) is 31.3 Å². The van der Waals surface area contributed by atoms with Crippen molar-refractivity contribution in [3.8, 4) is 5.75 Å². The summed E-state index contributed by atoms with van der Waals surface area (Å²) in [5.41, 5.74) is -0.925. The Balaban J connectivity index is 2.54. The molecule has 0 unspecified atom stereocenters. The molecule has 0 amide bonds. The van der Waals surface area contributed by atoms with Crippen molar-refractivity contribution in [1.29, 1.82) is 0 Å². The third-order valence-corrected chi connectivity index (χ3v) is 3.55. The van der Waals surface area contributed by atoms with Crippen LogP contribution >= 0.6 is 0 Å². The Labute approximate surface area is 100 Å². The molecule has 0 spiro atoms. The van der Waals surface area contributed by atoms with Gasteiger partial charge in [0.1, 0.15) is 11.6 Å². The molecule has 1 fully saturated rings. The Morgan fingerprint density at radius 3 is 2.47 bits per heavy atom. The van der Waals surface area contributed by atoms with Gasteiger partial charge >= 0.3 is 0 Å². The number of ether oxygens (including phenoxy) is 2. The second kappa shape index (κ2) is 3.96. The minimum Gasteiger partial charge on any atom is -0.496 e. The molecule has 1 aromatic rings. The topological polar surface area (TPSA) is 38.7 Å². The largest absolute Gasteiger partial charge is 0.496 e. The second-order valence-electron chi connectivity index (χ2n) is 4.98. The first kappa shape index (κ1) is 12.3. The van der Waals surface area contributed by atoms with E-state index in [4.69, 9.17) is 9.47 Å². The first-order valence-corrected chi connectivity index (χ1v) is 5.55. The van der Waals surface area contributed by atoms with Crippen molar-refractivity contribution in [2.75, 3.05) is 20.3 Å². The number of benzene rings is 1. The van der Waals surface area contributed by atoms with Crippen molar-refractivity contribution in [2.24, 2.45) is 0 Å². The Bertz CT molecular complexity index is 419. The number of hydrogen-bond acceptors (Lipinski definition) is 3. The van der Waals surface area contributed by atoms with Gasteiger partial charge in [-0.3, -0.25) is 0 Å². The molecule has 1 aliphatic heterocycles. The molecule has 3 nitrogen and oxygen atoms in total. The summed E-state index contributed by atoms with van der Waals surface area (Å²) in [6.45, 7) is 4.16. The zero-order valence-corrected chi connectivity index (χ0v) is 10.3. The van der Waals surface area contributed by atoms with E-state index in [0.29, 0.717) is 24.5 Å². The molecule has 94 valence electrons. The van der Waals surface area contributed by atoms with Gasteiger partial charge in [0, 0.05) is 5.56 Å². The highest BCUT2D eigenvalue weighted by molar-refractivity contribution is 5.44. The highest BCUT2D eigenvalue weighted by Crippen LogP contribution is 2.45. The Morgan fingerprint density at radius 1 is 1.41 bits per heavy atom. The average molecular weight is 240 g/mol. The van der Waals surface area contributed by atoms with Gasteiger partial charge in [-0.2, -0.15) is 0 Å². The summed E-state index contributed by atoms with van der Waals surface area (Å²) in [6, 6.07) is 4.34. The van der Waals surface area contributed by atoms with Crippen molar-refractivity contribution in [1.82, 2.24) is 0 Å². The van der Waals surface area contributed by atoms with Crippen LogP contribution in [0.2, 0.25) is 0 Å². The molecule has 2 rings (SSSR count). The van der Waals surface area contributed by atoms with E-state index < -0.39 is 11.0 Å². The molecule has 0 bridgehead atoms. The lowest BCUT2D eigenvalue weighted by Crippen LogP contribution is -2.60. The molecule has 0 atom stereocenters. The Morgan fingerprint density at radius 2 is 2.06 bits per heavy atom. The van der Waals surface area contributed by atoms with Gasteiger partial charge in [0.25, 0.3) is 0 Å². The molecule has 4 heteroatoms. The van der Waals surface area contributed by atoms with Crippen LogP contribution in [-0.4, -0.2) is 31.0 Å². The smallest absolute Gasteiger partial charge is 0.123 e. The van der Waals surface area contributed by atoms with E-state index in [1.807, 2.05) is 0 Å². The Kier molecular flexibility index (Phi) is 2.87. The van der Waals surface area contributed by atoms with Gasteiger partial charge < -0.3 is 14.6 Å². The van der Waals surface area contributed by atoms with E-state index in [1.165, 1.54) is 19.2 Å². The zero-order valence-electron chi connectivity index (χ0n) is 10.3. The zero-order chi connectivity index (χ0) is 12.7. The number of hydrogen-bond donors (Lipinski definition) is 1. The number of halogens is 1. The molecule has 1 aliphatic rings. The number of rotatable bonds is 3. The minimum absolute atomic E-state index is 0.337. The fourth-order valence-electron chi connectivity index (χ4n) is 2.20. The minimum atomic E-state index is -0.994. The fourth-order valence-corrected chi connectivity index (χ4v) is 2.20. The van der Waals surface area contributed by atoms with E-state index in [0.717, 1.165) is 0 Å². The lowest BCUT2D eigenvalue weighted by molar-refractivity contribution is -0.158. The maximum atomic E-state index is 13.4. The molecule has 17 heavy (non-hydrogen) atoms. The molecule has 1 aromatic carbocycles. The molecule has 1 saturated heterocycles. The van der Waals surface area contributed by atoms with Crippen LogP contribution in [0.5, 0.6) is 5.75 Å². The standard InChI is InChI=1S/C13H17FO3/c1-12(2,15)13(7-17-8-13)10-6-9(14)4-5-11(10)16-3/h4-6,15H,7-8H2,1-3H3. The summed E-state index contributed by atoms with van der Waals surface area (Å²) in [5, 5.41) is 10.3. The summed E-state index contributed by atoms with van der Waals surface area (Å²) in [5.74, 6) is 0.244. The fraction of sp³-hybridized carbons (Fsp3) is 0.538. The first-order valence-electron chi connectivity index (χ1n) is 5.55. The SMILES string of the molecule is COc1ccc(F)cc1C1(C(C)(C)O)COC1. The third kappa shape index (κ3) is 1.81. The van der Waals surface area contributed by atoms with Gasteiger partial charge in [-0.25, -0.2) is 4.39 Å². The maximum absolute atomic E-state index is 13.4. The van der Waals surface area contributed by atoms with Gasteiger partial charge in [0.15, 0.2) is 0 Å². The molecule has 1 N–H and O–H groups in total. The predicted octanol–water partition coefficient (Wildman–Crippen LogP) is 1.87. The molecule has 1 heterocycles. The van der Waals surface area contributed by atoms with Crippen LogP contribution in [0.25, 0.3) is 0 Å². The summed E-state index contributed by atoms with van der Waals surface area (Å²) in [4.78, 5) is 0. The van der Waals surface area contributed by atoms with Crippen LogP contribution in [0.4, 0.5) is 4.39 Å². The summed E-state index contributed by atoms with van der Waals surface area (Å²) < 4.78 is 23.8. The quantitative estimate of drug-likeness (QED) is 0.876. The van der Waals surface area contributed by atoms with Crippen molar-refractivity contribution in [2.45, 2.75) is 24.9 Å². The van der Waals surface area contributed by atoms with E-state index >= 15 is 0 Å². The maximum Gasteiger partial charge on any atom is 0.123 e.